The van der Waals surface area contributed by atoms with Crippen molar-refractivity contribution in [2.75, 3.05) is 55.0 Å². The van der Waals surface area contributed by atoms with Gasteiger partial charge in [0.1, 0.15) is 11.3 Å². The van der Waals surface area contributed by atoms with Gasteiger partial charge in [0.2, 0.25) is 11.9 Å². The van der Waals surface area contributed by atoms with Gasteiger partial charge in [-0.25, -0.2) is 19.3 Å². The number of hydrogen-bond acceptors (Lipinski definition) is 7. The van der Waals surface area contributed by atoms with Crippen LogP contribution in [0.15, 0.2) is 24.5 Å². The minimum absolute atomic E-state index is 0.0780. The normalized spacial score (nSPS) is 14.5. The fourth-order valence-electron chi connectivity index (χ4n) is 3.29. The molecule has 0 atom stereocenters. The summed E-state index contributed by atoms with van der Waals surface area (Å²) >= 11 is 0. The lowest BCUT2D eigenvalue weighted by Crippen LogP contribution is -2.47. The quantitative estimate of drug-likeness (QED) is 0.690. The van der Waals surface area contributed by atoms with Gasteiger partial charge in [-0.15, -0.1) is 0 Å². The summed E-state index contributed by atoms with van der Waals surface area (Å²) < 4.78 is 13.7. The smallest absolute Gasteiger partial charge is 0.251 e. The molecule has 0 saturated carbocycles. The van der Waals surface area contributed by atoms with Gasteiger partial charge in [0, 0.05) is 40.3 Å². The Morgan fingerprint density at radius 3 is 2.39 bits per heavy atom. The molecule has 1 amide bonds. The number of nitrogens with zero attached hydrogens (tertiary/aromatic N) is 6. The Bertz CT molecular complexity index is 1010. The molecule has 146 valence electrons. The third-order valence-corrected chi connectivity index (χ3v) is 4.77. The van der Waals surface area contributed by atoms with E-state index in [4.69, 9.17) is 5.73 Å². The fourth-order valence-corrected chi connectivity index (χ4v) is 3.29. The molecule has 0 radical (unpaired) electrons. The molecule has 3 heterocycles. The molecule has 3 N–H and O–H groups in total. The number of aromatic nitrogens is 4. The van der Waals surface area contributed by atoms with Crippen molar-refractivity contribution in [3.8, 4) is 0 Å². The first-order chi connectivity index (χ1) is 13.4. The van der Waals surface area contributed by atoms with Gasteiger partial charge in [0.25, 0.3) is 5.91 Å². The van der Waals surface area contributed by atoms with Crippen molar-refractivity contribution in [2.45, 2.75) is 0 Å². The van der Waals surface area contributed by atoms with Gasteiger partial charge < -0.3 is 25.4 Å². The summed E-state index contributed by atoms with van der Waals surface area (Å²) in [6.07, 6.45) is 3.64. The molecule has 1 aromatic carbocycles. The molecule has 1 aliphatic rings. The van der Waals surface area contributed by atoms with E-state index in [9.17, 15) is 9.18 Å². The monoisotopic (exact) mass is 384 g/mol. The molecule has 0 bridgehead atoms. The number of benzene rings is 1. The molecule has 0 unspecified atom stereocenters. The average Bonchev–Trinajstić information content (AvgIpc) is 3.11. The van der Waals surface area contributed by atoms with Crippen LogP contribution in [-0.4, -0.2) is 66.1 Å². The van der Waals surface area contributed by atoms with Crippen LogP contribution in [0.4, 0.5) is 22.0 Å². The number of carbonyl (C=O) groups excluding carboxylic acids is 1. The Hall–Kier alpha value is -3.43. The van der Waals surface area contributed by atoms with Crippen LogP contribution in [0.2, 0.25) is 0 Å². The molecule has 0 spiro atoms. The molecule has 3 aromatic rings. The van der Waals surface area contributed by atoms with Gasteiger partial charge >= 0.3 is 0 Å². The molecular formula is C18H21FN8O. The second-order valence-electron chi connectivity index (χ2n) is 6.88. The van der Waals surface area contributed by atoms with E-state index in [1.165, 1.54) is 6.07 Å². The Morgan fingerprint density at radius 1 is 1.14 bits per heavy atom. The van der Waals surface area contributed by atoms with Crippen LogP contribution in [-0.2, 0) is 0 Å². The summed E-state index contributed by atoms with van der Waals surface area (Å²) in [5, 5.41) is 0. The molecular weight excluding hydrogens is 363 g/mol. The van der Waals surface area contributed by atoms with E-state index in [1.54, 1.807) is 0 Å². The van der Waals surface area contributed by atoms with Crippen molar-refractivity contribution in [1.29, 1.82) is 0 Å². The Balaban J connectivity index is 1.50. The first-order valence-electron chi connectivity index (χ1n) is 8.90. The fraction of sp³-hybridized carbons (Fsp3) is 0.333. The van der Waals surface area contributed by atoms with Crippen LogP contribution in [0.5, 0.6) is 0 Å². The van der Waals surface area contributed by atoms with E-state index in [-0.39, 0.29) is 5.56 Å². The molecule has 1 aliphatic heterocycles. The van der Waals surface area contributed by atoms with Gasteiger partial charge in [-0.05, 0) is 12.1 Å². The first-order valence-corrected chi connectivity index (χ1v) is 8.90. The highest BCUT2D eigenvalue weighted by atomic mass is 19.1. The largest absolute Gasteiger partial charge is 0.366 e. The average molecular weight is 384 g/mol. The topological polar surface area (TPSA) is 107 Å². The maximum Gasteiger partial charge on any atom is 0.251 e. The second-order valence-corrected chi connectivity index (χ2v) is 6.88. The molecule has 0 aliphatic carbocycles. The van der Waals surface area contributed by atoms with Crippen molar-refractivity contribution >= 4 is 34.5 Å². The summed E-state index contributed by atoms with van der Waals surface area (Å²) in [5.41, 5.74) is 7.24. The molecule has 1 fully saturated rings. The number of primary amides is 1. The van der Waals surface area contributed by atoms with E-state index in [0.717, 1.165) is 24.8 Å². The first kappa shape index (κ1) is 18.0. The number of nitrogens with one attached hydrogen (secondary N) is 1. The summed E-state index contributed by atoms with van der Waals surface area (Å²) in [5.74, 6) is 0.0418. The number of H-pyrrole nitrogens is 1. The van der Waals surface area contributed by atoms with Crippen molar-refractivity contribution in [3.05, 3.63) is 35.9 Å². The standard InChI is InChI=1S/C18H21FN8O/c1-25(2)17-21-9-12(10-22-17)26-3-5-27(6-4-26)18-23-14-8-11(19)7-13(16(20)28)15(14)24-18/h7-10H,3-6H2,1-2H3,(H2,20,28)(H,23,24). The number of anilines is 3. The van der Waals surface area contributed by atoms with Crippen LogP contribution in [0, 0.1) is 5.82 Å². The molecule has 9 nitrogen and oxygen atoms in total. The van der Waals surface area contributed by atoms with Crippen molar-refractivity contribution < 1.29 is 9.18 Å². The zero-order chi connectivity index (χ0) is 19.8. The molecule has 28 heavy (non-hydrogen) atoms. The second kappa shape index (κ2) is 6.95. The Labute approximate surface area is 161 Å². The maximum absolute atomic E-state index is 13.7. The zero-order valence-corrected chi connectivity index (χ0v) is 15.7. The van der Waals surface area contributed by atoms with E-state index in [0.29, 0.717) is 36.0 Å². The lowest BCUT2D eigenvalue weighted by atomic mass is 10.1. The van der Waals surface area contributed by atoms with Crippen LogP contribution in [0.3, 0.4) is 0 Å². The SMILES string of the molecule is CN(C)c1ncc(N2CCN(c3nc4c(C(N)=O)cc(F)cc4[nH]3)CC2)cn1. The number of fused-ring (bicyclic) bond motifs is 1. The number of amides is 1. The van der Waals surface area contributed by atoms with Crippen molar-refractivity contribution in [2.24, 2.45) is 5.73 Å². The predicted octanol–water partition coefficient (Wildman–Crippen LogP) is 0.983. The van der Waals surface area contributed by atoms with Crippen molar-refractivity contribution in [3.63, 3.8) is 0 Å². The van der Waals surface area contributed by atoms with E-state index < -0.39 is 11.7 Å². The number of carbonyl (C=O) groups is 1. The number of hydrogen-bond donors (Lipinski definition) is 2. The predicted molar refractivity (Wildman–Crippen MR) is 105 cm³/mol. The van der Waals surface area contributed by atoms with Gasteiger partial charge in [0.15, 0.2) is 0 Å². The number of aromatic amines is 1. The highest BCUT2D eigenvalue weighted by Gasteiger charge is 2.22. The molecule has 4 rings (SSSR count). The third kappa shape index (κ3) is 3.28. The lowest BCUT2D eigenvalue weighted by molar-refractivity contribution is 0.100. The van der Waals surface area contributed by atoms with Crippen LogP contribution >= 0.6 is 0 Å². The lowest BCUT2D eigenvalue weighted by Gasteiger charge is -2.35. The Kier molecular flexibility index (Phi) is 4.46. The molecule has 2 aromatic heterocycles. The van der Waals surface area contributed by atoms with Crippen LogP contribution < -0.4 is 20.4 Å². The minimum atomic E-state index is -0.700. The van der Waals surface area contributed by atoms with Crippen LogP contribution in [0.1, 0.15) is 10.4 Å². The number of imidazole rings is 1. The maximum atomic E-state index is 13.7. The Morgan fingerprint density at radius 2 is 1.79 bits per heavy atom. The van der Waals surface area contributed by atoms with Gasteiger partial charge in [-0.3, -0.25) is 4.79 Å². The zero-order valence-electron chi connectivity index (χ0n) is 15.7. The number of piperazine rings is 1. The van der Waals surface area contributed by atoms with E-state index in [1.807, 2.05) is 31.4 Å². The van der Waals surface area contributed by atoms with Gasteiger partial charge in [-0.1, -0.05) is 0 Å². The highest BCUT2D eigenvalue weighted by Crippen LogP contribution is 2.24. The van der Waals surface area contributed by atoms with Gasteiger partial charge in [0.05, 0.1) is 29.2 Å². The third-order valence-electron chi connectivity index (χ3n) is 4.77. The van der Waals surface area contributed by atoms with E-state index >= 15 is 0 Å². The highest BCUT2D eigenvalue weighted by molar-refractivity contribution is 6.04. The van der Waals surface area contributed by atoms with E-state index in [2.05, 4.69) is 29.7 Å². The van der Waals surface area contributed by atoms with Gasteiger partial charge in [-0.2, -0.15) is 0 Å². The van der Waals surface area contributed by atoms with Crippen molar-refractivity contribution in [1.82, 2.24) is 19.9 Å². The minimum Gasteiger partial charge on any atom is -0.366 e. The molecule has 10 heteroatoms. The number of halogens is 1. The summed E-state index contributed by atoms with van der Waals surface area (Å²) in [6.45, 7) is 2.95. The summed E-state index contributed by atoms with van der Waals surface area (Å²) in [4.78, 5) is 34.0. The molecule has 1 saturated heterocycles. The number of rotatable bonds is 4. The summed E-state index contributed by atoms with van der Waals surface area (Å²) in [6, 6.07) is 2.43. The van der Waals surface area contributed by atoms with Crippen LogP contribution in [0.25, 0.3) is 11.0 Å². The number of nitrogens with two attached hydrogens (primary N) is 1. The summed E-state index contributed by atoms with van der Waals surface area (Å²) in [7, 11) is 3.80.